The summed E-state index contributed by atoms with van der Waals surface area (Å²) >= 11 is 5.94. The van der Waals surface area contributed by atoms with Gasteiger partial charge in [0.15, 0.2) is 11.2 Å². The van der Waals surface area contributed by atoms with E-state index in [1.54, 1.807) is 13.4 Å². The molecule has 1 saturated carbocycles. The molecule has 1 fully saturated rings. The van der Waals surface area contributed by atoms with Crippen LogP contribution in [0.4, 0.5) is 0 Å². The summed E-state index contributed by atoms with van der Waals surface area (Å²) in [4.78, 5) is 20.4. The van der Waals surface area contributed by atoms with E-state index < -0.39 is 0 Å². The number of hydrogen-bond donors (Lipinski definition) is 0. The Morgan fingerprint density at radius 2 is 2.12 bits per heavy atom. The highest BCUT2D eigenvalue weighted by Crippen LogP contribution is 2.31. The largest absolute Gasteiger partial charge is 0.312 e. The van der Waals surface area contributed by atoms with E-state index in [9.17, 15) is 4.79 Å². The fourth-order valence-corrected chi connectivity index (χ4v) is 2.63. The average Bonchev–Trinajstić information content (AvgIpc) is 2.93. The van der Waals surface area contributed by atoms with Gasteiger partial charge >= 0.3 is 0 Å². The molecule has 17 heavy (non-hydrogen) atoms. The van der Waals surface area contributed by atoms with Crippen LogP contribution in [0, 0.1) is 0 Å². The molecule has 0 radical (unpaired) electrons. The second-order valence-electron chi connectivity index (χ2n) is 4.51. The van der Waals surface area contributed by atoms with Crippen molar-refractivity contribution in [3.63, 3.8) is 0 Å². The summed E-state index contributed by atoms with van der Waals surface area (Å²) in [6.45, 7) is 0. The molecule has 6 heteroatoms. The summed E-state index contributed by atoms with van der Waals surface area (Å²) in [6, 6.07) is 0.413. The van der Waals surface area contributed by atoms with Gasteiger partial charge in [-0.15, -0.1) is 0 Å². The maximum Gasteiger partial charge on any atom is 0.282 e. The van der Waals surface area contributed by atoms with Gasteiger partial charge in [-0.05, 0) is 24.4 Å². The first-order chi connectivity index (χ1) is 8.18. The van der Waals surface area contributed by atoms with Gasteiger partial charge in [0.25, 0.3) is 5.56 Å². The Morgan fingerprint density at radius 1 is 1.41 bits per heavy atom. The van der Waals surface area contributed by atoms with Crippen molar-refractivity contribution in [3.8, 4) is 0 Å². The van der Waals surface area contributed by atoms with Crippen molar-refractivity contribution in [3.05, 3.63) is 22.0 Å². The minimum Gasteiger partial charge on any atom is -0.312 e. The van der Waals surface area contributed by atoms with Crippen molar-refractivity contribution >= 4 is 22.8 Å². The lowest BCUT2D eigenvalue weighted by Gasteiger charge is -2.11. The summed E-state index contributed by atoms with van der Waals surface area (Å²) in [5.41, 5.74) is 0.838. The Bertz CT molecular complexity index is 624. The molecule has 0 unspecified atom stereocenters. The monoisotopic (exact) mass is 252 g/mol. The van der Waals surface area contributed by atoms with E-state index in [4.69, 9.17) is 11.6 Å². The number of aromatic nitrogens is 4. The van der Waals surface area contributed by atoms with Gasteiger partial charge in [0.1, 0.15) is 0 Å². The molecule has 1 aliphatic rings. The third-order valence-corrected chi connectivity index (χ3v) is 3.81. The fourth-order valence-electron chi connectivity index (χ4n) is 2.47. The standard InChI is InChI=1S/C11H13ClN4O/c1-15-10(17)8-9(14-11(15)12)16(6-13-8)7-4-2-3-5-7/h6-7H,2-5H2,1H3. The fraction of sp³-hybridized carbons (Fsp3) is 0.545. The number of rotatable bonds is 1. The second kappa shape index (κ2) is 3.84. The van der Waals surface area contributed by atoms with Crippen molar-refractivity contribution < 1.29 is 0 Å². The second-order valence-corrected chi connectivity index (χ2v) is 4.85. The molecule has 0 bridgehead atoms. The Balaban J connectivity index is 2.25. The molecule has 1 aliphatic carbocycles. The number of hydrogen-bond acceptors (Lipinski definition) is 3. The van der Waals surface area contributed by atoms with E-state index in [0.717, 1.165) is 12.8 Å². The first kappa shape index (κ1) is 10.8. The van der Waals surface area contributed by atoms with Gasteiger partial charge in [0.2, 0.25) is 5.28 Å². The molecule has 0 amide bonds. The van der Waals surface area contributed by atoms with E-state index in [0.29, 0.717) is 17.2 Å². The molecule has 0 N–H and O–H groups in total. The summed E-state index contributed by atoms with van der Waals surface area (Å²) in [7, 11) is 1.60. The van der Waals surface area contributed by atoms with E-state index in [1.165, 1.54) is 17.4 Å². The minimum absolute atomic E-state index is 0.184. The van der Waals surface area contributed by atoms with E-state index in [-0.39, 0.29) is 10.8 Å². The molecular formula is C11H13ClN4O. The van der Waals surface area contributed by atoms with Crippen LogP contribution in [-0.4, -0.2) is 19.1 Å². The zero-order valence-corrected chi connectivity index (χ0v) is 10.3. The van der Waals surface area contributed by atoms with Gasteiger partial charge in [-0.1, -0.05) is 12.8 Å². The van der Waals surface area contributed by atoms with Gasteiger partial charge in [-0.2, -0.15) is 4.98 Å². The number of imidazole rings is 1. The molecule has 90 valence electrons. The van der Waals surface area contributed by atoms with Gasteiger partial charge in [0.05, 0.1) is 6.33 Å². The van der Waals surface area contributed by atoms with Gasteiger partial charge < -0.3 is 4.57 Å². The maximum atomic E-state index is 11.9. The van der Waals surface area contributed by atoms with Crippen molar-refractivity contribution in [2.75, 3.05) is 0 Å². The smallest absolute Gasteiger partial charge is 0.282 e. The first-order valence-corrected chi connectivity index (χ1v) is 6.15. The number of halogens is 1. The predicted molar refractivity (Wildman–Crippen MR) is 65.3 cm³/mol. The maximum absolute atomic E-state index is 11.9. The SMILES string of the molecule is Cn1c(Cl)nc2c(ncn2C2CCCC2)c1=O. The van der Waals surface area contributed by atoms with Gasteiger partial charge in [-0.25, -0.2) is 4.98 Å². The Hall–Kier alpha value is -1.36. The predicted octanol–water partition coefficient (Wildman–Crippen LogP) is 1.90. The van der Waals surface area contributed by atoms with Crippen LogP contribution < -0.4 is 5.56 Å². The number of fused-ring (bicyclic) bond motifs is 1. The van der Waals surface area contributed by atoms with Gasteiger partial charge in [-0.3, -0.25) is 9.36 Å². The van der Waals surface area contributed by atoms with Crippen LogP contribution in [0.5, 0.6) is 0 Å². The van der Waals surface area contributed by atoms with Crippen LogP contribution in [0.3, 0.4) is 0 Å². The van der Waals surface area contributed by atoms with Crippen LogP contribution in [0.2, 0.25) is 5.28 Å². The normalized spacial score (nSPS) is 17.1. The quantitative estimate of drug-likeness (QED) is 0.729. The van der Waals surface area contributed by atoms with Gasteiger partial charge in [0, 0.05) is 13.1 Å². The number of nitrogens with zero attached hydrogens (tertiary/aromatic N) is 4. The van der Waals surface area contributed by atoms with Crippen molar-refractivity contribution in [2.45, 2.75) is 31.7 Å². The molecule has 3 rings (SSSR count). The molecule has 5 nitrogen and oxygen atoms in total. The highest BCUT2D eigenvalue weighted by atomic mass is 35.5. The lowest BCUT2D eigenvalue weighted by Crippen LogP contribution is -2.19. The average molecular weight is 253 g/mol. The van der Waals surface area contributed by atoms with Crippen LogP contribution in [0.25, 0.3) is 11.2 Å². The topological polar surface area (TPSA) is 52.7 Å². The van der Waals surface area contributed by atoms with E-state index in [1.807, 2.05) is 4.57 Å². The molecule has 0 saturated heterocycles. The molecule has 2 heterocycles. The molecule has 0 spiro atoms. The lowest BCUT2D eigenvalue weighted by atomic mass is 10.2. The highest BCUT2D eigenvalue weighted by Gasteiger charge is 2.21. The summed E-state index contributed by atoms with van der Waals surface area (Å²) in [5, 5.41) is 0.210. The Labute approximate surface area is 103 Å². The van der Waals surface area contributed by atoms with E-state index in [2.05, 4.69) is 9.97 Å². The molecule has 2 aromatic rings. The minimum atomic E-state index is -0.184. The third-order valence-electron chi connectivity index (χ3n) is 3.47. The molecule has 0 aromatic carbocycles. The van der Waals surface area contributed by atoms with E-state index >= 15 is 0 Å². The van der Waals surface area contributed by atoms with Crippen LogP contribution >= 0.6 is 11.6 Å². The summed E-state index contributed by atoms with van der Waals surface area (Å²) in [5.74, 6) is 0. The van der Waals surface area contributed by atoms with Crippen LogP contribution in [0.15, 0.2) is 11.1 Å². The Morgan fingerprint density at radius 3 is 2.82 bits per heavy atom. The zero-order valence-electron chi connectivity index (χ0n) is 9.56. The van der Waals surface area contributed by atoms with Crippen LogP contribution in [-0.2, 0) is 7.05 Å². The summed E-state index contributed by atoms with van der Waals surface area (Å²) < 4.78 is 3.31. The summed E-state index contributed by atoms with van der Waals surface area (Å²) in [6.07, 6.45) is 6.41. The molecular weight excluding hydrogens is 240 g/mol. The lowest BCUT2D eigenvalue weighted by molar-refractivity contribution is 0.528. The van der Waals surface area contributed by atoms with Crippen molar-refractivity contribution in [1.29, 1.82) is 0 Å². The Kier molecular flexibility index (Phi) is 2.43. The highest BCUT2D eigenvalue weighted by molar-refractivity contribution is 6.28. The van der Waals surface area contributed by atoms with Crippen molar-refractivity contribution in [2.24, 2.45) is 7.05 Å². The molecule has 0 aliphatic heterocycles. The third kappa shape index (κ3) is 1.57. The zero-order chi connectivity index (χ0) is 12.0. The van der Waals surface area contributed by atoms with Crippen LogP contribution in [0.1, 0.15) is 31.7 Å². The molecule has 0 atom stereocenters. The molecule has 2 aromatic heterocycles. The van der Waals surface area contributed by atoms with Crippen molar-refractivity contribution in [1.82, 2.24) is 19.1 Å². The first-order valence-electron chi connectivity index (χ1n) is 5.77.